The van der Waals surface area contributed by atoms with E-state index in [4.69, 9.17) is 10.00 Å². The minimum atomic E-state index is -0.685. The molecule has 116 valence electrons. The van der Waals surface area contributed by atoms with E-state index >= 15 is 0 Å². The van der Waals surface area contributed by atoms with Crippen LogP contribution in [0.1, 0.15) is 30.9 Å². The van der Waals surface area contributed by atoms with Crippen molar-refractivity contribution < 1.29 is 9.84 Å². The van der Waals surface area contributed by atoms with E-state index in [9.17, 15) is 5.11 Å². The summed E-state index contributed by atoms with van der Waals surface area (Å²) in [5.74, 6) is 0.561. The molecule has 3 rings (SSSR count). The fraction of sp³-hybridized carbons (Fsp3) is 0.471. The lowest BCUT2D eigenvalue weighted by molar-refractivity contribution is -0.0752. The molecule has 0 aromatic heterocycles. The van der Waals surface area contributed by atoms with Crippen molar-refractivity contribution in [1.29, 1.82) is 5.26 Å². The van der Waals surface area contributed by atoms with E-state index in [1.807, 2.05) is 45.3 Å². The summed E-state index contributed by atoms with van der Waals surface area (Å²) in [6, 6.07) is 7.57. The second kappa shape index (κ2) is 5.31. The molecular formula is C17H21N3O2. The van der Waals surface area contributed by atoms with E-state index in [2.05, 4.69) is 16.3 Å². The Labute approximate surface area is 130 Å². The Balaban J connectivity index is 2.11. The molecule has 2 aliphatic heterocycles. The van der Waals surface area contributed by atoms with Gasteiger partial charge in [0.1, 0.15) is 17.5 Å². The maximum absolute atomic E-state index is 10.9. The smallest absolute Gasteiger partial charge is 0.130 e. The Morgan fingerprint density at radius 2 is 2.23 bits per heavy atom. The fourth-order valence-corrected chi connectivity index (χ4v) is 3.26. The van der Waals surface area contributed by atoms with Crippen LogP contribution in [0.3, 0.4) is 0 Å². The summed E-state index contributed by atoms with van der Waals surface area (Å²) < 4.78 is 5.96. The van der Waals surface area contributed by atoms with Gasteiger partial charge in [-0.15, -0.1) is 0 Å². The number of nitriles is 1. The van der Waals surface area contributed by atoms with Crippen LogP contribution in [0.15, 0.2) is 30.5 Å². The number of rotatable bonds is 1. The number of hydrogen-bond donors (Lipinski definition) is 2. The number of likely N-dealkylation sites (N-methyl/N-ethyl adjacent to an activating group) is 1. The van der Waals surface area contributed by atoms with E-state index in [1.165, 1.54) is 0 Å². The zero-order valence-electron chi connectivity index (χ0n) is 13.1. The van der Waals surface area contributed by atoms with E-state index in [-0.39, 0.29) is 12.1 Å². The summed E-state index contributed by atoms with van der Waals surface area (Å²) in [5, 5.41) is 23.4. The van der Waals surface area contributed by atoms with Gasteiger partial charge >= 0.3 is 0 Å². The average Bonchev–Trinajstić information content (AvgIpc) is 2.49. The van der Waals surface area contributed by atoms with Crippen LogP contribution in [0.2, 0.25) is 0 Å². The van der Waals surface area contributed by atoms with Gasteiger partial charge < -0.3 is 15.2 Å². The molecule has 5 nitrogen and oxygen atoms in total. The van der Waals surface area contributed by atoms with Crippen LogP contribution in [0.25, 0.3) is 0 Å². The highest BCUT2D eigenvalue weighted by atomic mass is 16.5. The van der Waals surface area contributed by atoms with Crippen molar-refractivity contribution in [3.05, 3.63) is 41.6 Å². The molecule has 0 radical (unpaired) electrons. The highest BCUT2D eigenvalue weighted by Crippen LogP contribution is 2.43. The molecule has 2 N–H and O–H groups in total. The summed E-state index contributed by atoms with van der Waals surface area (Å²) in [7, 11) is 2.02. The van der Waals surface area contributed by atoms with E-state index in [0.717, 1.165) is 17.9 Å². The molecule has 0 saturated carbocycles. The Kier molecular flexibility index (Phi) is 3.59. The molecule has 2 heterocycles. The molecular weight excluding hydrogens is 278 g/mol. The number of aliphatic hydroxyl groups is 1. The van der Waals surface area contributed by atoms with Crippen molar-refractivity contribution in [2.24, 2.45) is 0 Å². The highest BCUT2D eigenvalue weighted by Gasteiger charge is 2.47. The number of aliphatic hydroxyl groups excluding tert-OH is 1. The number of nitrogens with one attached hydrogen (secondary N) is 1. The molecule has 0 amide bonds. The highest BCUT2D eigenvalue weighted by molar-refractivity contribution is 5.47. The molecule has 3 atom stereocenters. The molecule has 3 unspecified atom stereocenters. The van der Waals surface area contributed by atoms with Crippen LogP contribution in [0, 0.1) is 11.3 Å². The fourth-order valence-electron chi connectivity index (χ4n) is 3.26. The third kappa shape index (κ3) is 2.35. The largest absolute Gasteiger partial charge is 0.485 e. The molecule has 1 aromatic carbocycles. The van der Waals surface area contributed by atoms with Gasteiger partial charge in [-0.3, -0.25) is 4.90 Å². The second-order valence-electron chi connectivity index (χ2n) is 6.49. The summed E-state index contributed by atoms with van der Waals surface area (Å²) in [5.41, 5.74) is 0.772. The van der Waals surface area contributed by atoms with Gasteiger partial charge in [0.2, 0.25) is 0 Å². The molecule has 1 aromatic rings. The van der Waals surface area contributed by atoms with Crippen LogP contribution in [0.5, 0.6) is 5.75 Å². The minimum absolute atomic E-state index is 0.0455. The van der Waals surface area contributed by atoms with Crippen molar-refractivity contribution >= 4 is 0 Å². The molecule has 22 heavy (non-hydrogen) atoms. The lowest BCUT2D eigenvalue weighted by Gasteiger charge is -2.47. The van der Waals surface area contributed by atoms with E-state index < -0.39 is 11.7 Å². The monoisotopic (exact) mass is 299 g/mol. The van der Waals surface area contributed by atoms with Gasteiger partial charge in [0.25, 0.3) is 0 Å². The van der Waals surface area contributed by atoms with Crippen LogP contribution >= 0.6 is 0 Å². The zero-order chi connectivity index (χ0) is 15.9. The number of nitrogens with zero attached hydrogens (tertiary/aromatic N) is 2. The Morgan fingerprint density at radius 3 is 2.91 bits per heavy atom. The minimum Gasteiger partial charge on any atom is -0.485 e. The van der Waals surface area contributed by atoms with Crippen molar-refractivity contribution in [1.82, 2.24) is 10.2 Å². The summed E-state index contributed by atoms with van der Waals surface area (Å²) in [4.78, 5) is 2.15. The number of ether oxygens (including phenoxy) is 1. The van der Waals surface area contributed by atoms with Gasteiger partial charge in [-0.2, -0.15) is 5.26 Å². The third-order valence-electron chi connectivity index (χ3n) is 4.52. The Morgan fingerprint density at radius 1 is 1.45 bits per heavy atom. The first kappa shape index (κ1) is 14.9. The van der Waals surface area contributed by atoms with Crippen LogP contribution in [0.4, 0.5) is 0 Å². The van der Waals surface area contributed by atoms with E-state index in [1.54, 1.807) is 6.07 Å². The Bertz CT molecular complexity index is 648. The first-order chi connectivity index (χ1) is 10.4. The molecule has 0 spiro atoms. The summed E-state index contributed by atoms with van der Waals surface area (Å²) >= 11 is 0. The van der Waals surface area contributed by atoms with Gasteiger partial charge in [0, 0.05) is 12.1 Å². The second-order valence-corrected chi connectivity index (χ2v) is 6.49. The molecule has 0 saturated heterocycles. The van der Waals surface area contributed by atoms with Crippen LogP contribution in [-0.2, 0) is 0 Å². The van der Waals surface area contributed by atoms with Crippen LogP contribution < -0.4 is 10.1 Å². The first-order valence-corrected chi connectivity index (χ1v) is 7.46. The maximum atomic E-state index is 10.9. The topological polar surface area (TPSA) is 68.5 Å². The normalized spacial score (nSPS) is 29.9. The SMILES string of the molecule is CN1CC=CNC1C1c2cc(C#N)ccc2OC(C)(C)C1O. The summed E-state index contributed by atoms with van der Waals surface area (Å²) in [6.07, 6.45) is 3.24. The lowest BCUT2D eigenvalue weighted by atomic mass is 9.78. The average molecular weight is 299 g/mol. The number of benzene rings is 1. The van der Waals surface area contributed by atoms with Gasteiger partial charge in [0.05, 0.1) is 23.7 Å². The van der Waals surface area contributed by atoms with E-state index in [0.29, 0.717) is 5.56 Å². The number of hydrogen-bond acceptors (Lipinski definition) is 5. The first-order valence-electron chi connectivity index (χ1n) is 7.46. The van der Waals surface area contributed by atoms with Crippen LogP contribution in [-0.4, -0.2) is 41.5 Å². The molecule has 5 heteroatoms. The predicted molar refractivity (Wildman–Crippen MR) is 83.3 cm³/mol. The van der Waals surface area contributed by atoms with Crippen molar-refractivity contribution in [2.75, 3.05) is 13.6 Å². The molecule has 0 aliphatic carbocycles. The quantitative estimate of drug-likeness (QED) is 0.823. The molecule has 2 aliphatic rings. The predicted octanol–water partition coefficient (Wildman–Crippen LogP) is 1.55. The zero-order valence-corrected chi connectivity index (χ0v) is 13.1. The molecule has 0 fully saturated rings. The maximum Gasteiger partial charge on any atom is 0.130 e. The third-order valence-corrected chi connectivity index (χ3v) is 4.52. The standard InChI is InChI=1S/C17H21N3O2/c1-17(2)15(21)14(16-19-7-4-8-20(16)3)12-9-11(10-18)5-6-13(12)22-17/h4-7,9,14-16,19,21H,8H2,1-3H3. The van der Waals surface area contributed by atoms with Gasteiger partial charge in [-0.25, -0.2) is 0 Å². The van der Waals surface area contributed by atoms with Crippen molar-refractivity contribution in [3.63, 3.8) is 0 Å². The Hall–Kier alpha value is -2.03. The van der Waals surface area contributed by atoms with Crippen molar-refractivity contribution in [3.8, 4) is 11.8 Å². The summed E-state index contributed by atoms with van der Waals surface area (Å²) in [6.45, 7) is 4.60. The van der Waals surface area contributed by atoms with Gasteiger partial charge in [0.15, 0.2) is 0 Å². The van der Waals surface area contributed by atoms with Gasteiger partial charge in [-0.05, 0) is 45.3 Å². The lowest BCUT2D eigenvalue weighted by Crippen LogP contribution is -2.58. The number of fused-ring (bicyclic) bond motifs is 1. The molecule has 0 bridgehead atoms. The van der Waals surface area contributed by atoms with Gasteiger partial charge in [-0.1, -0.05) is 6.08 Å². The van der Waals surface area contributed by atoms with Crippen molar-refractivity contribution in [2.45, 2.75) is 37.6 Å².